The van der Waals surface area contributed by atoms with E-state index in [0.717, 1.165) is 6.08 Å². The predicted octanol–water partition coefficient (Wildman–Crippen LogP) is 3.40. The molecule has 5 rings (SSSR count). The highest BCUT2D eigenvalue weighted by Gasteiger charge is 2.22. The van der Waals surface area contributed by atoms with Crippen LogP contribution in [0.15, 0.2) is 73.1 Å². The Balaban J connectivity index is 1.33. The number of benzene rings is 3. The van der Waals surface area contributed by atoms with Gasteiger partial charge in [0.2, 0.25) is 11.8 Å². The summed E-state index contributed by atoms with van der Waals surface area (Å²) < 4.78 is 21.5. The molecule has 1 aliphatic heterocycles. The van der Waals surface area contributed by atoms with Gasteiger partial charge < -0.3 is 30.7 Å². The van der Waals surface area contributed by atoms with E-state index in [2.05, 4.69) is 31.5 Å². The van der Waals surface area contributed by atoms with Crippen molar-refractivity contribution in [1.29, 1.82) is 0 Å². The fourth-order valence-corrected chi connectivity index (χ4v) is 4.79. The summed E-state index contributed by atoms with van der Waals surface area (Å²) in [5.41, 5.74) is 1.70. The number of hydrogen-bond acceptors (Lipinski definition) is 8. The molecule has 4 N–H and O–H groups in total. The lowest BCUT2D eigenvalue weighted by atomic mass is 10.0. The van der Waals surface area contributed by atoms with E-state index in [1.807, 2.05) is 0 Å². The molecular weight excluding hydrogens is 635 g/mol. The SMILES string of the molecule is O=C(/C=C/c1c(-n2cnnn2)ccc(Cl)c1F)N[C@@H](Cc1ccc(NC(=O)N2CCOCC2)cc1)C(=O)Nc1ccc(C(=O)O)cc1. The van der Waals surface area contributed by atoms with Crippen LogP contribution in [-0.2, 0) is 20.7 Å². The molecule has 242 valence electrons. The van der Waals surface area contributed by atoms with E-state index in [1.165, 1.54) is 53.5 Å². The number of nitrogens with zero attached hydrogens (tertiary/aromatic N) is 5. The van der Waals surface area contributed by atoms with Gasteiger partial charge in [0, 0.05) is 42.5 Å². The topological polar surface area (TPSA) is 181 Å². The Morgan fingerprint density at radius 2 is 1.66 bits per heavy atom. The van der Waals surface area contributed by atoms with E-state index in [4.69, 9.17) is 21.4 Å². The maximum atomic E-state index is 15.0. The number of morpholine rings is 1. The summed E-state index contributed by atoms with van der Waals surface area (Å²) in [5, 5.41) is 28.0. The molecule has 4 amide bonds. The lowest BCUT2D eigenvalue weighted by Crippen LogP contribution is -2.44. The molecule has 0 aliphatic carbocycles. The summed E-state index contributed by atoms with van der Waals surface area (Å²) in [7, 11) is 0. The zero-order chi connectivity index (χ0) is 33.3. The number of hydrogen-bond donors (Lipinski definition) is 4. The number of aromatic nitrogens is 4. The van der Waals surface area contributed by atoms with Gasteiger partial charge >= 0.3 is 12.0 Å². The second-order valence-corrected chi connectivity index (χ2v) is 10.7. The number of halogens is 2. The van der Waals surface area contributed by atoms with Crippen LogP contribution < -0.4 is 16.0 Å². The fourth-order valence-electron chi connectivity index (χ4n) is 4.63. The van der Waals surface area contributed by atoms with Gasteiger partial charge in [-0.15, -0.1) is 5.10 Å². The maximum absolute atomic E-state index is 15.0. The van der Waals surface area contributed by atoms with E-state index in [9.17, 15) is 23.6 Å². The van der Waals surface area contributed by atoms with Crippen LogP contribution in [-0.4, -0.2) is 86.4 Å². The third kappa shape index (κ3) is 8.53. The number of urea groups is 1. The van der Waals surface area contributed by atoms with Gasteiger partial charge in [-0.05, 0) is 70.6 Å². The van der Waals surface area contributed by atoms with Crippen molar-refractivity contribution in [2.45, 2.75) is 12.5 Å². The van der Waals surface area contributed by atoms with Crippen LogP contribution in [0.1, 0.15) is 21.5 Å². The highest BCUT2D eigenvalue weighted by atomic mass is 35.5. The number of amides is 4. The molecule has 0 unspecified atom stereocenters. The van der Waals surface area contributed by atoms with Crippen molar-refractivity contribution < 1.29 is 33.4 Å². The van der Waals surface area contributed by atoms with Crippen molar-refractivity contribution in [2.24, 2.45) is 0 Å². The first-order chi connectivity index (χ1) is 22.7. The Bertz CT molecular complexity index is 1780. The Morgan fingerprint density at radius 1 is 0.979 bits per heavy atom. The summed E-state index contributed by atoms with van der Waals surface area (Å²) in [6.45, 7) is 1.90. The monoisotopic (exact) mass is 662 g/mol. The molecule has 1 aliphatic rings. The normalized spacial score (nSPS) is 13.6. The zero-order valence-electron chi connectivity index (χ0n) is 24.6. The lowest BCUT2D eigenvalue weighted by molar-refractivity contribution is -0.123. The number of nitrogens with one attached hydrogen (secondary N) is 3. The first kappa shape index (κ1) is 32.7. The van der Waals surface area contributed by atoms with Crippen LogP contribution in [0.4, 0.5) is 20.6 Å². The minimum absolute atomic E-state index is 0.0353. The summed E-state index contributed by atoms with van der Waals surface area (Å²) in [4.78, 5) is 51.9. The number of carbonyl (C=O) groups is 4. The Labute approximate surface area is 272 Å². The minimum Gasteiger partial charge on any atom is -0.478 e. The molecular formula is C31H28ClFN8O6. The molecule has 0 saturated carbocycles. The van der Waals surface area contributed by atoms with Crippen LogP contribution in [0.3, 0.4) is 0 Å². The van der Waals surface area contributed by atoms with Crippen molar-refractivity contribution in [3.8, 4) is 5.69 Å². The minimum atomic E-state index is -1.12. The summed E-state index contributed by atoms with van der Waals surface area (Å²) in [6.07, 6.45) is 3.54. The number of tetrazole rings is 1. The lowest BCUT2D eigenvalue weighted by Gasteiger charge is -2.27. The number of anilines is 2. The van der Waals surface area contributed by atoms with Crippen LogP contribution in [0, 0.1) is 5.82 Å². The van der Waals surface area contributed by atoms with E-state index < -0.39 is 29.6 Å². The van der Waals surface area contributed by atoms with E-state index in [0.29, 0.717) is 43.2 Å². The molecule has 1 saturated heterocycles. The second kappa shape index (κ2) is 15.1. The Kier molecular flexibility index (Phi) is 10.5. The van der Waals surface area contributed by atoms with Crippen molar-refractivity contribution >= 4 is 52.9 Å². The van der Waals surface area contributed by atoms with Crippen molar-refractivity contribution in [1.82, 2.24) is 30.4 Å². The quantitative estimate of drug-likeness (QED) is 0.185. The molecule has 0 spiro atoms. The van der Waals surface area contributed by atoms with Gasteiger partial charge in [0.05, 0.1) is 29.5 Å². The van der Waals surface area contributed by atoms with Crippen LogP contribution in [0.25, 0.3) is 11.8 Å². The van der Waals surface area contributed by atoms with Gasteiger partial charge in [0.25, 0.3) is 0 Å². The van der Waals surface area contributed by atoms with Gasteiger partial charge in [-0.25, -0.2) is 14.0 Å². The maximum Gasteiger partial charge on any atom is 0.335 e. The molecule has 1 atom stereocenters. The molecule has 0 bridgehead atoms. The molecule has 47 heavy (non-hydrogen) atoms. The summed E-state index contributed by atoms with van der Waals surface area (Å²) in [6, 6.07) is 13.7. The molecule has 0 radical (unpaired) electrons. The van der Waals surface area contributed by atoms with Crippen molar-refractivity contribution in [3.63, 3.8) is 0 Å². The van der Waals surface area contributed by atoms with Gasteiger partial charge in [-0.2, -0.15) is 4.68 Å². The number of ether oxygens (including phenoxy) is 1. The van der Waals surface area contributed by atoms with Crippen LogP contribution >= 0.6 is 11.6 Å². The molecule has 4 aromatic rings. The van der Waals surface area contributed by atoms with E-state index >= 15 is 0 Å². The second-order valence-electron chi connectivity index (χ2n) is 10.2. The highest BCUT2D eigenvalue weighted by Crippen LogP contribution is 2.25. The van der Waals surface area contributed by atoms with Gasteiger partial charge in [0.15, 0.2) is 5.82 Å². The average molecular weight is 663 g/mol. The highest BCUT2D eigenvalue weighted by molar-refractivity contribution is 6.31. The third-order valence-electron chi connectivity index (χ3n) is 7.08. The molecule has 1 fully saturated rings. The Hall–Kier alpha value is -5.67. The van der Waals surface area contributed by atoms with Gasteiger partial charge in [-0.3, -0.25) is 9.59 Å². The molecule has 3 aromatic carbocycles. The standard InChI is InChI=1S/C31H28ClFN8O6/c32-24-10-11-26(41-18-34-38-39-41)23(28(24)33)9-12-27(42)37-25(29(43)35-21-7-3-20(4-8-21)30(44)45)17-19-1-5-22(6-2-19)36-31(46)40-13-15-47-16-14-40/h1-12,18,25H,13-17H2,(H,35,43)(H,36,46)(H,37,42)(H,44,45)/b12-9+/t25-/m0/s1. The summed E-state index contributed by atoms with van der Waals surface area (Å²) in [5.74, 6) is -3.24. The third-order valence-corrected chi connectivity index (χ3v) is 7.37. The molecule has 16 heteroatoms. The number of carboxylic acids is 1. The number of carboxylic acid groups (broad SMARTS) is 1. The number of rotatable bonds is 10. The molecule has 1 aromatic heterocycles. The zero-order valence-corrected chi connectivity index (χ0v) is 25.4. The number of aromatic carboxylic acids is 1. The predicted molar refractivity (Wildman–Crippen MR) is 169 cm³/mol. The average Bonchev–Trinajstić information content (AvgIpc) is 3.61. The smallest absolute Gasteiger partial charge is 0.335 e. The largest absolute Gasteiger partial charge is 0.478 e. The Morgan fingerprint density at radius 3 is 2.32 bits per heavy atom. The first-order valence-electron chi connectivity index (χ1n) is 14.2. The van der Waals surface area contributed by atoms with Crippen LogP contribution in [0.2, 0.25) is 5.02 Å². The van der Waals surface area contributed by atoms with Crippen molar-refractivity contribution in [3.05, 3.63) is 101 Å². The number of carbonyl (C=O) groups excluding carboxylic acids is 3. The van der Waals surface area contributed by atoms with E-state index in [-0.39, 0.29) is 34.3 Å². The van der Waals surface area contributed by atoms with E-state index in [1.54, 1.807) is 29.2 Å². The molecule has 14 nitrogen and oxygen atoms in total. The van der Waals surface area contributed by atoms with Crippen molar-refractivity contribution in [2.75, 3.05) is 36.9 Å². The fraction of sp³-hybridized carbons (Fsp3) is 0.194. The van der Waals surface area contributed by atoms with Gasteiger partial charge in [0.1, 0.15) is 12.4 Å². The van der Waals surface area contributed by atoms with Gasteiger partial charge in [-0.1, -0.05) is 23.7 Å². The first-order valence-corrected chi connectivity index (χ1v) is 14.6. The molecule has 2 heterocycles. The summed E-state index contributed by atoms with van der Waals surface area (Å²) >= 11 is 5.97. The van der Waals surface area contributed by atoms with Crippen LogP contribution in [0.5, 0.6) is 0 Å².